The summed E-state index contributed by atoms with van der Waals surface area (Å²) >= 11 is 0. The molecular formula is C46H53F2O2S+. The molecule has 0 aromatic heterocycles. The molecule has 11 rings (SSSR count). The first-order chi connectivity index (χ1) is 24.9. The molecule has 14 atom stereocenters. The van der Waals surface area contributed by atoms with E-state index in [1.54, 1.807) is 12.1 Å². The summed E-state index contributed by atoms with van der Waals surface area (Å²) in [7, 11) is -0.597. The van der Waals surface area contributed by atoms with E-state index in [1.165, 1.54) is 51.4 Å². The maximum absolute atomic E-state index is 15.9. The van der Waals surface area contributed by atoms with Crippen molar-refractivity contribution in [3.63, 3.8) is 0 Å². The third-order valence-corrected chi connectivity index (χ3v) is 19.1. The first kappa shape index (κ1) is 31.9. The molecule has 0 aliphatic heterocycles. The van der Waals surface area contributed by atoms with E-state index in [1.807, 2.05) is 30.3 Å². The molecule has 3 aromatic carbocycles. The van der Waals surface area contributed by atoms with E-state index < -0.39 is 10.9 Å². The van der Waals surface area contributed by atoms with E-state index >= 15 is 8.78 Å². The quantitative estimate of drug-likeness (QED) is 0.163. The molecule has 0 spiro atoms. The lowest BCUT2D eigenvalue weighted by Crippen LogP contribution is -2.48. The van der Waals surface area contributed by atoms with Crippen molar-refractivity contribution in [2.75, 3.05) is 0 Å². The second kappa shape index (κ2) is 11.5. The van der Waals surface area contributed by atoms with Gasteiger partial charge in [0, 0.05) is 24.0 Å². The second-order valence-corrected chi connectivity index (χ2v) is 20.5. The van der Waals surface area contributed by atoms with Gasteiger partial charge in [-0.15, -0.1) is 0 Å². The maximum atomic E-state index is 15.9. The molecule has 268 valence electrons. The van der Waals surface area contributed by atoms with Crippen molar-refractivity contribution in [2.45, 2.75) is 117 Å². The summed E-state index contributed by atoms with van der Waals surface area (Å²) in [5.41, 5.74) is -0.573. The fourth-order valence-electron chi connectivity index (χ4n) is 15.4. The Labute approximate surface area is 305 Å². The molecule has 3 aromatic rings. The van der Waals surface area contributed by atoms with Gasteiger partial charge in [-0.3, -0.25) is 0 Å². The monoisotopic (exact) mass is 707 g/mol. The molecule has 0 N–H and O–H groups in total. The van der Waals surface area contributed by atoms with Crippen molar-refractivity contribution in [2.24, 2.45) is 71.0 Å². The number of hydrogen-bond acceptors (Lipinski definition) is 2. The van der Waals surface area contributed by atoms with Crippen molar-refractivity contribution >= 4 is 10.9 Å². The van der Waals surface area contributed by atoms with Gasteiger partial charge in [0.2, 0.25) is 0 Å². The van der Waals surface area contributed by atoms with Gasteiger partial charge >= 0.3 is 0 Å². The molecule has 8 bridgehead atoms. The van der Waals surface area contributed by atoms with Crippen molar-refractivity contribution in [3.05, 3.63) is 78.4 Å². The van der Waals surface area contributed by atoms with Crippen LogP contribution in [0.1, 0.15) is 90.9 Å². The van der Waals surface area contributed by atoms with Crippen LogP contribution in [0.4, 0.5) is 8.78 Å². The highest BCUT2D eigenvalue weighted by molar-refractivity contribution is 7.97. The van der Waals surface area contributed by atoms with E-state index in [4.69, 9.17) is 9.47 Å². The zero-order valence-corrected chi connectivity index (χ0v) is 31.1. The Hall–Kier alpha value is -2.53. The van der Waals surface area contributed by atoms with Crippen molar-refractivity contribution < 1.29 is 18.3 Å². The van der Waals surface area contributed by atoms with Gasteiger partial charge in [0.05, 0.1) is 10.9 Å². The van der Waals surface area contributed by atoms with Crippen LogP contribution in [0.15, 0.2) is 81.4 Å². The third-order valence-electron chi connectivity index (χ3n) is 16.9. The average Bonchev–Trinajstić information content (AvgIpc) is 4.01. The number of halogens is 2. The molecular weight excluding hydrogens is 655 g/mol. The van der Waals surface area contributed by atoms with Crippen LogP contribution >= 0.6 is 0 Å². The van der Waals surface area contributed by atoms with E-state index in [-0.39, 0.29) is 22.8 Å². The van der Waals surface area contributed by atoms with Crippen molar-refractivity contribution in [1.29, 1.82) is 0 Å². The fraction of sp³-hybridized carbons (Fsp3) is 0.609. The summed E-state index contributed by atoms with van der Waals surface area (Å²) in [6.07, 6.45) is 14.9. The molecule has 0 amide bonds. The van der Waals surface area contributed by atoms with Gasteiger partial charge in [-0.05, 0) is 173 Å². The molecule has 5 heteroatoms. The Morgan fingerprint density at radius 1 is 0.549 bits per heavy atom. The molecule has 0 heterocycles. The van der Waals surface area contributed by atoms with Crippen LogP contribution in [-0.4, -0.2) is 11.2 Å². The van der Waals surface area contributed by atoms with E-state index in [0.29, 0.717) is 23.3 Å². The standard InChI is InChI=1S/C46H53F2O2S/c1-3-45(24-30-20-35(45)43-28-12-10-26(18-28)41(30)43)49-39-22-33(14-16-37(39)47)51(32-8-6-5-7-9-32)34-15-17-38(48)40(23-34)50-46(4-2)25-31-21-36(46)44-29-13-11-27(19-29)42(31)44/h5-9,14-17,22-23,26-31,35-36,41-44H,3-4,10-13,18-21,24-25H2,1-2H3/q+1. The summed E-state index contributed by atoms with van der Waals surface area (Å²) in [4.78, 5) is 3.12. The number of rotatable bonds is 9. The lowest BCUT2D eigenvalue weighted by atomic mass is 9.65. The van der Waals surface area contributed by atoms with Crippen LogP contribution in [0, 0.1) is 82.6 Å². The first-order valence-corrected chi connectivity index (χ1v) is 21.9. The molecule has 14 unspecified atom stereocenters. The third kappa shape index (κ3) is 4.51. The minimum absolute atomic E-state index is 0.279. The lowest BCUT2D eigenvalue weighted by Gasteiger charge is -2.46. The Morgan fingerprint density at radius 2 is 1.00 bits per heavy atom. The molecule has 8 aliphatic carbocycles. The Kier molecular flexibility index (Phi) is 7.20. The minimum Gasteiger partial charge on any atom is -0.484 e. The first-order valence-electron chi connectivity index (χ1n) is 20.6. The molecule has 2 nitrogen and oxygen atoms in total. The van der Waals surface area contributed by atoms with Crippen molar-refractivity contribution in [3.8, 4) is 11.5 Å². The van der Waals surface area contributed by atoms with Crippen LogP contribution in [0.3, 0.4) is 0 Å². The summed E-state index contributed by atoms with van der Waals surface area (Å²) in [5.74, 6) is 9.59. The number of fused-ring (bicyclic) bond motifs is 18. The maximum Gasteiger partial charge on any atom is 0.170 e. The zero-order chi connectivity index (χ0) is 34.2. The highest BCUT2D eigenvalue weighted by Gasteiger charge is 2.69. The lowest BCUT2D eigenvalue weighted by molar-refractivity contribution is -0.0486. The van der Waals surface area contributed by atoms with Crippen LogP contribution in [0.2, 0.25) is 0 Å². The van der Waals surface area contributed by atoms with Crippen LogP contribution in [0.25, 0.3) is 0 Å². The normalized spacial score (nSPS) is 43.9. The van der Waals surface area contributed by atoms with Gasteiger partial charge in [-0.2, -0.15) is 0 Å². The molecule has 0 saturated heterocycles. The molecule has 8 aliphatic rings. The minimum atomic E-state index is -0.597. The fourth-order valence-corrected chi connectivity index (χ4v) is 17.5. The number of ether oxygens (including phenoxy) is 2. The molecule has 8 saturated carbocycles. The van der Waals surface area contributed by atoms with Crippen molar-refractivity contribution in [1.82, 2.24) is 0 Å². The predicted octanol–water partition coefficient (Wildman–Crippen LogP) is 11.5. The summed E-state index contributed by atoms with van der Waals surface area (Å²) in [6, 6.07) is 21.5. The summed E-state index contributed by atoms with van der Waals surface area (Å²) < 4.78 is 45.9. The molecule has 51 heavy (non-hydrogen) atoms. The SMILES string of the molecule is CCC1(Oc2cc([S+](c3ccccc3)c3ccc(F)c(OC4(CC)CC5CC4C4C6CCC(C6)C54)c3)ccc2F)CC2CC1C1C3CCC(C3)C21. The Balaban J connectivity index is 0.928. The molecule has 0 radical (unpaired) electrons. The van der Waals surface area contributed by atoms with Crippen LogP contribution < -0.4 is 9.47 Å². The highest BCUT2D eigenvalue weighted by Crippen LogP contribution is 2.72. The second-order valence-electron chi connectivity index (χ2n) is 18.4. The van der Waals surface area contributed by atoms with E-state index in [9.17, 15) is 0 Å². The predicted molar refractivity (Wildman–Crippen MR) is 197 cm³/mol. The zero-order valence-electron chi connectivity index (χ0n) is 30.2. The van der Waals surface area contributed by atoms with E-state index in [2.05, 4.69) is 38.1 Å². The molecule has 8 fully saturated rings. The van der Waals surface area contributed by atoms with Crippen LogP contribution in [0.5, 0.6) is 11.5 Å². The summed E-state index contributed by atoms with van der Waals surface area (Å²) in [6.45, 7) is 4.52. The van der Waals surface area contributed by atoms with Gasteiger partial charge in [0.1, 0.15) is 11.2 Å². The van der Waals surface area contributed by atoms with Gasteiger partial charge in [-0.25, -0.2) is 8.78 Å². The average molecular weight is 708 g/mol. The highest BCUT2D eigenvalue weighted by atomic mass is 32.2. The van der Waals surface area contributed by atoms with Gasteiger partial charge in [0.25, 0.3) is 0 Å². The van der Waals surface area contributed by atoms with E-state index in [0.717, 1.165) is 99.5 Å². The topological polar surface area (TPSA) is 18.5 Å². The number of hydrogen-bond donors (Lipinski definition) is 0. The largest absolute Gasteiger partial charge is 0.484 e. The Bertz CT molecular complexity index is 1730. The Morgan fingerprint density at radius 3 is 1.45 bits per heavy atom. The number of benzene rings is 3. The van der Waals surface area contributed by atoms with Gasteiger partial charge in [0.15, 0.2) is 37.8 Å². The van der Waals surface area contributed by atoms with Gasteiger partial charge < -0.3 is 9.47 Å². The van der Waals surface area contributed by atoms with Crippen LogP contribution in [-0.2, 0) is 10.9 Å². The van der Waals surface area contributed by atoms with Gasteiger partial charge in [-0.1, -0.05) is 32.0 Å². The smallest absolute Gasteiger partial charge is 0.170 e. The summed E-state index contributed by atoms with van der Waals surface area (Å²) in [5, 5.41) is 0.